The van der Waals surface area contributed by atoms with Crippen molar-refractivity contribution in [2.75, 3.05) is 23.7 Å². The molecule has 0 radical (unpaired) electrons. The van der Waals surface area contributed by atoms with Gasteiger partial charge in [-0.3, -0.25) is 4.79 Å². The van der Waals surface area contributed by atoms with Crippen LogP contribution in [0.5, 0.6) is 5.88 Å². The molecular weight excluding hydrogens is 447 g/mol. The Morgan fingerprint density at radius 3 is 2.56 bits per heavy atom. The lowest BCUT2D eigenvalue weighted by Gasteiger charge is -2.23. The van der Waals surface area contributed by atoms with Crippen LogP contribution < -0.4 is 20.7 Å². The molecule has 1 saturated heterocycles. The van der Waals surface area contributed by atoms with Gasteiger partial charge in [0.1, 0.15) is 16.9 Å². The van der Waals surface area contributed by atoms with Crippen molar-refractivity contribution in [3.05, 3.63) is 48.2 Å². The van der Waals surface area contributed by atoms with Crippen LogP contribution in [0.1, 0.15) is 28.9 Å². The molecule has 9 nitrogen and oxygen atoms in total. The maximum absolute atomic E-state index is 12.6. The van der Waals surface area contributed by atoms with E-state index in [4.69, 9.17) is 4.74 Å². The normalized spacial score (nSPS) is 14.7. The van der Waals surface area contributed by atoms with Gasteiger partial charge in [0.05, 0.1) is 36.0 Å². The average molecular weight is 465 g/mol. The predicted molar refractivity (Wildman–Crippen MR) is 111 cm³/mol. The van der Waals surface area contributed by atoms with Crippen molar-refractivity contribution in [1.29, 1.82) is 0 Å². The minimum Gasteiger partial charge on any atom is -0.474 e. The topological polar surface area (TPSA) is 114 Å². The molecule has 3 aromatic rings. The Labute approximate surface area is 184 Å². The first-order chi connectivity index (χ1) is 15.4. The van der Waals surface area contributed by atoms with Crippen LogP contribution in [0.4, 0.5) is 29.7 Å². The van der Waals surface area contributed by atoms with E-state index in [9.17, 15) is 18.0 Å². The van der Waals surface area contributed by atoms with Crippen molar-refractivity contribution < 1.29 is 22.7 Å². The molecule has 1 fully saturated rings. The van der Waals surface area contributed by atoms with Crippen molar-refractivity contribution in [3.8, 4) is 5.88 Å². The van der Waals surface area contributed by atoms with E-state index in [1.165, 1.54) is 12.4 Å². The molecule has 0 spiro atoms. The number of carbonyl (C=O) groups excluding carboxylic acids is 1. The number of anilines is 3. The largest absolute Gasteiger partial charge is 0.474 e. The Kier molecular flexibility index (Phi) is 6.46. The Balaban J connectivity index is 1.37. The molecule has 0 aromatic carbocycles. The summed E-state index contributed by atoms with van der Waals surface area (Å²) in [5.74, 6) is 0.0719. The second kappa shape index (κ2) is 9.44. The third-order valence-electron chi connectivity index (χ3n) is 4.57. The number of nitrogens with zero attached hydrogens (tertiary/aromatic N) is 4. The SMILES string of the molecule is O=C(Nc1ccc(OC2CCNCC2)nc1)c1cnsc1Nc1cnc(C(F)(F)F)cn1. The van der Waals surface area contributed by atoms with Gasteiger partial charge in [0.15, 0.2) is 5.69 Å². The smallest absolute Gasteiger partial charge is 0.434 e. The molecule has 1 amide bonds. The summed E-state index contributed by atoms with van der Waals surface area (Å²) < 4.78 is 47.7. The number of rotatable bonds is 6. The van der Waals surface area contributed by atoms with Gasteiger partial charge in [-0.15, -0.1) is 0 Å². The first kappa shape index (κ1) is 21.9. The lowest BCUT2D eigenvalue weighted by atomic mass is 10.1. The minimum atomic E-state index is -4.58. The molecule has 1 aliphatic rings. The van der Waals surface area contributed by atoms with Crippen LogP contribution in [0.2, 0.25) is 0 Å². The molecule has 3 aromatic heterocycles. The number of ether oxygens (including phenoxy) is 1. The maximum atomic E-state index is 12.6. The fourth-order valence-corrected chi connectivity index (χ4v) is 3.61. The maximum Gasteiger partial charge on any atom is 0.434 e. The molecule has 13 heteroatoms. The highest BCUT2D eigenvalue weighted by molar-refractivity contribution is 7.10. The van der Waals surface area contributed by atoms with Crippen LogP contribution in [0.3, 0.4) is 0 Å². The van der Waals surface area contributed by atoms with Gasteiger partial charge in [-0.25, -0.2) is 15.0 Å². The number of amides is 1. The van der Waals surface area contributed by atoms with Crippen molar-refractivity contribution in [2.45, 2.75) is 25.1 Å². The van der Waals surface area contributed by atoms with E-state index in [0.717, 1.165) is 43.7 Å². The fraction of sp³-hybridized carbons (Fsp3) is 0.316. The Bertz CT molecular complexity index is 1050. The number of pyridine rings is 1. The number of hydrogen-bond acceptors (Lipinski definition) is 9. The molecule has 32 heavy (non-hydrogen) atoms. The van der Waals surface area contributed by atoms with Gasteiger partial charge < -0.3 is 20.7 Å². The van der Waals surface area contributed by atoms with Gasteiger partial charge >= 0.3 is 6.18 Å². The molecule has 4 heterocycles. The first-order valence-electron chi connectivity index (χ1n) is 9.64. The van der Waals surface area contributed by atoms with Crippen LogP contribution in [0, 0.1) is 0 Å². The summed E-state index contributed by atoms with van der Waals surface area (Å²) in [6, 6.07) is 3.36. The monoisotopic (exact) mass is 465 g/mol. The van der Waals surface area contributed by atoms with Gasteiger partial charge in [-0.05, 0) is 43.5 Å². The van der Waals surface area contributed by atoms with E-state index in [0.29, 0.717) is 22.8 Å². The lowest BCUT2D eigenvalue weighted by Crippen LogP contribution is -2.34. The zero-order valence-electron chi connectivity index (χ0n) is 16.5. The van der Waals surface area contributed by atoms with Crippen LogP contribution in [-0.4, -0.2) is 44.4 Å². The number of carbonyl (C=O) groups is 1. The third kappa shape index (κ3) is 5.48. The zero-order chi connectivity index (χ0) is 22.6. The van der Waals surface area contributed by atoms with Crippen LogP contribution in [0.15, 0.2) is 36.9 Å². The van der Waals surface area contributed by atoms with Crippen molar-refractivity contribution >= 4 is 33.9 Å². The van der Waals surface area contributed by atoms with Crippen molar-refractivity contribution in [3.63, 3.8) is 0 Å². The molecule has 0 bridgehead atoms. The summed E-state index contributed by atoms with van der Waals surface area (Å²) in [4.78, 5) is 23.9. The first-order valence-corrected chi connectivity index (χ1v) is 10.4. The summed E-state index contributed by atoms with van der Waals surface area (Å²) in [6.07, 6.45) is 1.74. The van der Waals surface area contributed by atoms with Crippen LogP contribution >= 0.6 is 11.5 Å². The molecule has 0 aliphatic carbocycles. The zero-order valence-corrected chi connectivity index (χ0v) is 17.3. The Morgan fingerprint density at radius 2 is 1.91 bits per heavy atom. The Hall–Kier alpha value is -3.32. The summed E-state index contributed by atoms with van der Waals surface area (Å²) in [7, 11) is 0. The fourth-order valence-electron chi connectivity index (χ4n) is 2.95. The average Bonchev–Trinajstić information content (AvgIpc) is 3.24. The summed E-state index contributed by atoms with van der Waals surface area (Å²) in [6.45, 7) is 1.81. The number of halogens is 3. The summed E-state index contributed by atoms with van der Waals surface area (Å²) in [5.41, 5.74) is -0.448. The van der Waals surface area contributed by atoms with E-state index >= 15 is 0 Å². The molecule has 4 rings (SSSR count). The quantitative estimate of drug-likeness (QED) is 0.507. The van der Waals surface area contributed by atoms with E-state index in [-0.39, 0.29) is 17.5 Å². The highest BCUT2D eigenvalue weighted by Crippen LogP contribution is 2.29. The Morgan fingerprint density at radius 1 is 1.09 bits per heavy atom. The number of nitrogens with one attached hydrogen (secondary N) is 3. The van der Waals surface area contributed by atoms with Gasteiger partial charge in [-0.2, -0.15) is 17.5 Å². The second-order valence-corrected chi connectivity index (χ2v) is 7.69. The number of hydrogen-bond donors (Lipinski definition) is 3. The number of aromatic nitrogens is 4. The number of piperidine rings is 1. The molecule has 168 valence electrons. The van der Waals surface area contributed by atoms with Gasteiger partial charge in [-0.1, -0.05) is 0 Å². The van der Waals surface area contributed by atoms with Crippen LogP contribution in [0.25, 0.3) is 0 Å². The van der Waals surface area contributed by atoms with E-state index in [1.807, 2.05) is 0 Å². The molecular formula is C19H18F3N7O2S. The predicted octanol–water partition coefficient (Wildman–Crippen LogP) is 3.47. The summed E-state index contributed by atoms with van der Waals surface area (Å²) >= 11 is 0.962. The lowest BCUT2D eigenvalue weighted by molar-refractivity contribution is -0.141. The van der Waals surface area contributed by atoms with Gasteiger partial charge in [0.25, 0.3) is 5.91 Å². The highest BCUT2D eigenvalue weighted by atomic mass is 32.1. The number of alkyl halides is 3. The molecule has 0 unspecified atom stereocenters. The molecule has 0 atom stereocenters. The van der Waals surface area contributed by atoms with Gasteiger partial charge in [0.2, 0.25) is 5.88 Å². The van der Waals surface area contributed by atoms with E-state index < -0.39 is 17.8 Å². The summed E-state index contributed by atoms with van der Waals surface area (Å²) in [5, 5.41) is 9.05. The van der Waals surface area contributed by atoms with Crippen LogP contribution in [-0.2, 0) is 6.18 Å². The van der Waals surface area contributed by atoms with Crippen molar-refractivity contribution in [2.24, 2.45) is 0 Å². The van der Waals surface area contributed by atoms with Gasteiger partial charge in [0, 0.05) is 6.07 Å². The highest BCUT2D eigenvalue weighted by Gasteiger charge is 2.32. The minimum absolute atomic E-state index is 0.0531. The van der Waals surface area contributed by atoms with E-state index in [1.54, 1.807) is 12.1 Å². The third-order valence-corrected chi connectivity index (χ3v) is 5.28. The van der Waals surface area contributed by atoms with Crippen molar-refractivity contribution in [1.82, 2.24) is 24.6 Å². The second-order valence-electron chi connectivity index (χ2n) is 6.88. The standard InChI is InChI=1S/C19H18F3N7O2S/c20-19(21,22)14-9-25-15(10-24-14)29-18-13(8-27-32-18)17(30)28-11-1-2-16(26-7-11)31-12-3-5-23-6-4-12/h1-2,7-10,12,23H,3-6H2,(H,25,29)(H,28,30). The van der Waals surface area contributed by atoms with E-state index in [2.05, 4.69) is 35.3 Å². The molecule has 0 saturated carbocycles. The molecule has 3 N–H and O–H groups in total. The molecule has 1 aliphatic heterocycles.